The summed E-state index contributed by atoms with van der Waals surface area (Å²) in [7, 11) is 0. The van der Waals surface area contributed by atoms with E-state index in [-0.39, 0.29) is 0 Å². The maximum atomic E-state index is 6.17. The quantitative estimate of drug-likeness (QED) is 0.628. The molecule has 0 saturated carbocycles. The third kappa shape index (κ3) is 5.31. The highest BCUT2D eigenvalue weighted by atomic mass is 35.5. The van der Waals surface area contributed by atoms with Crippen LogP contribution in [-0.4, -0.2) is 24.0 Å². The summed E-state index contributed by atoms with van der Waals surface area (Å²) in [5, 5.41) is 8.47. The van der Waals surface area contributed by atoms with Crippen molar-refractivity contribution in [3.05, 3.63) is 50.9 Å². The molecule has 0 radical (unpaired) electrons. The van der Waals surface area contributed by atoms with Crippen molar-refractivity contribution in [3.8, 4) is 0 Å². The first-order valence-electron chi connectivity index (χ1n) is 7.36. The van der Waals surface area contributed by atoms with Crippen LogP contribution in [0.2, 0.25) is 5.02 Å². The molecule has 1 heterocycles. The lowest BCUT2D eigenvalue weighted by molar-refractivity contribution is 0.801. The summed E-state index contributed by atoms with van der Waals surface area (Å²) in [5.74, 6) is 0.820. The van der Waals surface area contributed by atoms with E-state index in [1.54, 1.807) is 11.3 Å². The van der Waals surface area contributed by atoms with E-state index in [2.05, 4.69) is 27.5 Å². The van der Waals surface area contributed by atoms with Crippen molar-refractivity contribution >= 4 is 28.9 Å². The molecule has 0 bridgehead atoms. The second-order valence-electron chi connectivity index (χ2n) is 4.81. The summed E-state index contributed by atoms with van der Waals surface area (Å²) >= 11 is 7.84. The minimum absolute atomic E-state index is 0.646. The molecule has 0 unspecified atom stereocenters. The number of guanidine groups is 1. The monoisotopic (exact) mass is 336 g/mol. The van der Waals surface area contributed by atoms with Crippen LogP contribution in [0.15, 0.2) is 35.5 Å². The van der Waals surface area contributed by atoms with E-state index in [1.807, 2.05) is 37.4 Å². The predicted molar refractivity (Wildman–Crippen MR) is 94.8 cm³/mol. The molecule has 4 nitrogen and oxygen atoms in total. The van der Waals surface area contributed by atoms with Crippen molar-refractivity contribution in [3.63, 3.8) is 0 Å². The number of nitrogens with zero attached hydrogens (tertiary/aromatic N) is 2. The SMILES string of the molecule is CCNC(=NCc1cnc(C)s1)NCCc1ccccc1Cl. The lowest BCUT2D eigenvalue weighted by Gasteiger charge is -2.11. The molecule has 2 rings (SSSR count). The topological polar surface area (TPSA) is 49.3 Å². The molecule has 2 aromatic rings. The third-order valence-corrected chi connectivity index (χ3v) is 4.32. The molecule has 0 amide bonds. The van der Waals surface area contributed by atoms with Crippen LogP contribution in [0.1, 0.15) is 22.4 Å². The zero-order valence-electron chi connectivity index (χ0n) is 12.9. The molecule has 118 valence electrons. The Kier molecular flexibility index (Phi) is 6.68. The number of halogens is 1. The van der Waals surface area contributed by atoms with Crippen LogP contribution in [-0.2, 0) is 13.0 Å². The van der Waals surface area contributed by atoms with E-state index in [0.717, 1.165) is 41.1 Å². The van der Waals surface area contributed by atoms with Gasteiger partial charge in [-0.05, 0) is 31.9 Å². The molecular weight excluding hydrogens is 316 g/mol. The summed E-state index contributed by atoms with van der Waals surface area (Å²) in [6, 6.07) is 7.92. The molecule has 1 aromatic heterocycles. The van der Waals surface area contributed by atoms with Gasteiger partial charge in [-0.2, -0.15) is 0 Å². The molecular formula is C16H21ClN4S. The van der Waals surface area contributed by atoms with Gasteiger partial charge < -0.3 is 10.6 Å². The summed E-state index contributed by atoms with van der Waals surface area (Å²) in [6.07, 6.45) is 2.75. The number of rotatable bonds is 6. The normalized spacial score (nSPS) is 11.5. The molecule has 0 fully saturated rings. The van der Waals surface area contributed by atoms with Gasteiger partial charge in [-0.1, -0.05) is 29.8 Å². The molecule has 0 aliphatic rings. The Morgan fingerprint density at radius 1 is 1.32 bits per heavy atom. The minimum atomic E-state index is 0.646. The van der Waals surface area contributed by atoms with Gasteiger partial charge in [-0.15, -0.1) is 11.3 Å². The standard InChI is InChI=1S/C16H21ClN4S/c1-3-18-16(21-11-14-10-20-12(2)22-14)19-9-8-13-6-4-5-7-15(13)17/h4-7,10H,3,8-9,11H2,1-2H3,(H2,18,19,21). The van der Waals surface area contributed by atoms with Gasteiger partial charge >= 0.3 is 0 Å². The molecule has 2 N–H and O–H groups in total. The summed E-state index contributed by atoms with van der Waals surface area (Å²) < 4.78 is 0. The second-order valence-corrected chi connectivity index (χ2v) is 6.54. The molecule has 0 atom stereocenters. The molecule has 0 aliphatic heterocycles. The average Bonchev–Trinajstić information content (AvgIpc) is 2.92. The van der Waals surface area contributed by atoms with Crippen molar-refractivity contribution in [2.75, 3.05) is 13.1 Å². The lowest BCUT2D eigenvalue weighted by atomic mass is 10.1. The molecule has 0 spiro atoms. The van der Waals surface area contributed by atoms with Gasteiger partial charge in [0, 0.05) is 29.2 Å². The number of aryl methyl sites for hydroxylation is 1. The maximum absolute atomic E-state index is 6.17. The van der Waals surface area contributed by atoms with Crippen molar-refractivity contribution in [2.24, 2.45) is 4.99 Å². The van der Waals surface area contributed by atoms with Crippen molar-refractivity contribution in [1.29, 1.82) is 0 Å². The van der Waals surface area contributed by atoms with Crippen LogP contribution in [0.4, 0.5) is 0 Å². The van der Waals surface area contributed by atoms with Crippen LogP contribution in [0.25, 0.3) is 0 Å². The number of benzene rings is 1. The van der Waals surface area contributed by atoms with Crippen LogP contribution in [0, 0.1) is 6.92 Å². The lowest BCUT2D eigenvalue weighted by Crippen LogP contribution is -2.38. The largest absolute Gasteiger partial charge is 0.357 e. The maximum Gasteiger partial charge on any atom is 0.191 e. The smallest absolute Gasteiger partial charge is 0.191 e. The molecule has 0 saturated heterocycles. The molecule has 1 aromatic carbocycles. The van der Waals surface area contributed by atoms with Gasteiger partial charge in [-0.3, -0.25) is 0 Å². The zero-order valence-corrected chi connectivity index (χ0v) is 14.5. The van der Waals surface area contributed by atoms with E-state index in [4.69, 9.17) is 11.6 Å². The third-order valence-electron chi connectivity index (χ3n) is 3.05. The number of aliphatic imine (C=N–C) groups is 1. The van der Waals surface area contributed by atoms with Crippen molar-refractivity contribution in [2.45, 2.75) is 26.8 Å². The fourth-order valence-corrected chi connectivity index (χ4v) is 2.94. The number of nitrogens with one attached hydrogen (secondary N) is 2. The van der Waals surface area contributed by atoms with Crippen LogP contribution in [0.5, 0.6) is 0 Å². The number of hydrogen-bond donors (Lipinski definition) is 2. The first-order valence-corrected chi connectivity index (χ1v) is 8.55. The second kappa shape index (κ2) is 8.76. The minimum Gasteiger partial charge on any atom is -0.357 e. The van der Waals surface area contributed by atoms with E-state index < -0.39 is 0 Å². The van der Waals surface area contributed by atoms with Gasteiger partial charge in [0.25, 0.3) is 0 Å². The van der Waals surface area contributed by atoms with E-state index >= 15 is 0 Å². The Balaban J connectivity index is 1.87. The Morgan fingerprint density at radius 3 is 2.82 bits per heavy atom. The van der Waals surface area contributed by atoms with E-state index in [1.165, 1.54) is 4.88 Å². The highest BCUT2D eigenvalue weighted by Gasteiger charge is 2.02. The van der Waals surface area contributed by atoms with Gasteiger partial charge in [0.15, 0.2) is 5.96 Å². The fourth-order valence-electron chi connectivity index (χ4n) is 1.99. The Hall–Kier alpha value is -1.59. The number of aromatic nitrogens is 1. The van der Waals surface area contributed by atoms with Gasteiger partial charge in [0.05, 0.1) is 11.6 Å². The summed E-state index contributed by atoms with van der Waals surface area (Å²) in [6.45, 7) is 6.33. The fraction of sp³-hybridized carbons (Fsp3) is 0.375. The van der Waals surface area contributed by atoms with Crippen molar-refractivity contribution < 1.29 is 0 Å². The number of hydrogen-bond acceptors (Lipinski definition) is 3. The van der Waals surface area contributed by atoms with Crippen LogP contribution >= 0.6 is 22.9 Å². The van der Waals surface area contributed by atoms with Crippen LogP contribution in [0.3, 0.4) is 0 Å². The van der Waals surface area contributed by atoms with Crippen LogP contribution < -0.4 is 10.6 Å². The average molecular weight is 337 g/mol. The Bertz CT molecular complexity index is 624. The predicted octanol–water partition coefficient (Wildman–Crippen LogP) is 3.40. The number of thiazole rings is 1. The Morgan fingerprint density at radius 2 is 2.14 bits per heavy atom. The molecule has 22 heavy (non-hydrogen) atoms. The van der Waals surface area contributed by atoms with Gasteiger partial charge in [-0.25, -0.2) is 9.98 Å². The van der Waals surface area contributed by atoms with Gasteiger partial charge in [0.1, 0.15) is 0 Å². The molecule has 6 heteroatoms. The summed E-state index contributed by atoms with van der Waals surface area (Å²) in [4.78, 5) is 10.00. The van der Waals surface area contributed by atoms with Gasteiger partial charge in [0.2, 0.25) is 0 Å². The van der Waals surface area contributed by atoms with E-state index in [0.29, 0.717) is 6.54 Å². The first-order chi connectivity index (χ1) is 10.7. The summed E-state index contributed by atoms with van der Waals surface area (Å²) in [5.41, 5.74) is 1.14. The Labute approximate surface area is 140 Å². The first kappa shape index (κ1) is 16.8. The zero-order chi connectivity index (χ0) is 15.8. The van der Waals surface area contributed by atoms with Crippen molar-refractivity contribution in [1.82, 2.24) is 15.6 Å². The highest BCUT2D eigenvalue weighted by molar-refractivity contribution is 7.11. The molecule has 0 aliphatic carbocycles. The highest BCUT2D eigenvalue weighted by Crippen LogP contribution is 2.15. The van der Waals surface area contributed by atoms with E-state index in [9.17, 15) is 0 Å².